The number of ether oxygens (including phenoxy) is 1. The van der Waals surface area contributed by atoms with E-state index in [-0.39, 0.29) is 24.8 Å². The monoisotopic (exact) mass is 363 g/mol. The third-order valence-corrected chi connectivity index (χ3v) is 3.91. The van der Waals surface area contributed by atoms with Gasteiger partial charge < -0.3 is 24.8 Å². The van der Waals surface area contributed by atoms with Gasteiger partial charge in [0.25, 0.3) is 0 Å². The van der Waals surface area contributed by atoms with Crippen molar-refractivity contribution < 1.29 is 54.4 Å². The summed E-state index contributed by atoms with van der Waals surface area (Å²) in [5.74, 6) is 2.60. The van der Waals surface area contributed by atoms with Gasteiger partial charge in [-0.1, -0.05) is 0 Å². The Kier molecular flexibility index (Phi) is 8.22. The van der Waals surface area contributed by atoms with Crippen LogP contribution in [0.15, 0.2) is 46.1 Å². The average molecular weight is 364 g/mol. The van der Waals surface area contributed by atoms with Gasteiger partial charge in [-0.05, 0) is 0 Å². The third-order valence-electron chi connectivity index (χ3n) is 2.37. The molecule has 0 aromatic heterocycles. The molecule has 6 heteroatoms. The van der Waals surface area contributed by atoms with Crippen LogP contribution in [0.3, 0.4) is 0 Å². The molecule has 0 saturated carbocycles. The molecule has 1 aliphatic carbocycles. The summed E-state index contributed by atoms with van der Waals surface area (Å²) in [5.41, 5.74) is 0. The van der Waals surface area contributed by atoms with Crippen molar-refractivity contribution >= 4 is 8.32 Å². The average Bonchev–Trinajstić information content (AvgIpc) is 2.65. The normalized spacial score (nSPS) is 13.7. The van der Waals surface area contributed by atoms with Crippen LogP contribution in [-0.2, 0) is 20.4 Å². The van der Waals surface area contributed by atoms with Gasteiger partial charge in [-0.25, -0.2) is 0 Å². The number of hydrogen-bond acceptors (Lipinski definition) is 2. The van der Waals surface area contributed by atoms with E-state index in [9.17, 15) is 0 Å². The largest absolute Gasteiger partial charge is 1.00 e. The molecule has 107 valence electrons. The number of halogens is 2. The fraction of sp³-hybridized carbons (Fsp3) is 0.286. The smallest absolute Gasteiger partial charge is 1.00 e. The summed E-state index contributed by atoms with van der Waals surface area (Å²) in [4.78, 5) is 0. The van der Waals surface area contributed by atoms with Crippen molar-refractivity contribution in [2.24, 2.45) is 0 Å². The molecule has 0 heterocycles. The van der Waals surface area contributed by atoms with Gasteiger partial charge in [-0.3, -0.25) is 0 Å². The predicted octanol–water partition coefficient (Wildman–Crippen LogP) is -1.99. The van der Waals surface area contributed by atoms with E-state index in [0.29, 0.717) is 0 Å². The van der Waals surface area contributed by atoms with Gasteiger partial charge in [0.15, 0.2) is 0 Å². The molecule has 2 nitrogen and oxygen atoms in total. The summed E-state index contributed by atoms with van der Waals surface area (Å²) in [7, 11) is -1.62. The molecular weight excluding hydrogens is 347 g/mol. The third kappa shape index (κ3) is 5.66. The summed E-state index contributed by atoms with van der Waals surface area (Å²) in [6.45, 7) is 6.51. The molecule has 0 atom stereocenters. The van der Waals surface area contributed by atoms with Gasteiger partial charge in [0.1, 0.15) is 0 Å². The van der Waals surface area contributed by atoms with E-state index in [1.54, 1.807) is 0 Å². The second-order valence-electron chi connectivity index (χ2n) is 5.21. The Balaban J connectivity index is 0.00000180. The predicted molar refractivity (Wildman–Crippen MR) is 71.8 cm³/mol. The molecule has 1 aromatic rings. The second-order valence-corrected chi connectivity index (χ2v) is 10.6. The van der Waals surface area contributed by atoms with Crippen LogP contribution in [0.4, 0.5) is 0 Å². The number of benzene rings is 1. The Morgan fingerprint density at radius 1 is 1.05 bits per heavy atom. The molecule has 0 amide bonds. The van der Waals surface area contributed by atoms with Crippen LogP contribution >= 0.6 is 0 Å². The minimum absolute atomic E-state index is 0. The van der Waals surface area contributed by atoms with Gasteiger partial charge in [0, 0.05) is 0 Å². The van der Waals surface area contributed by atoms with Crippen LogP contribution in [-0.4, -0.2) is 8.32 Å². The van der Waals surface area contributed by atoms with Gasteiger partial charge in [0.05, 0.1) is 0 Å². The molecule has 20 heavy (non-hydrogen) atoms. The van der Waals surface area contributed by atoms with E-state index in [1.165, 1.54) is 3.88 Å². The molecule has 0 spiro atoms. The van der Waals surface area contributed by atoms with Crippen molar-refractivity contribution in [3.63, 3.8) is 0 Å². The molecule has 2 rings (SSSR count). The standard InChI is InChI=1S/C14H17O2Si.2ClH.Ti/c1-17(2,3)16-14-11-7-6-10-13(14)15-12-8-4-5-9-12;;;/h4,6-8,10-11H,5H2,1-3H3;2*1H;/q;;;+2/p-2. The zero-order valence-corrected chi connectivity index (χ0v) is 15.8. The van der Waals surface area contributed by atoms with Crippen LogP contribution < -0.4 is 34.0 Å². The molecule has 0 radical (unpaired) electrons. The van der Waals surface area contributed by atoms with E-state index in [2.05, 4.69) is 46.2 Å². The maximum absolute atomic E-state index is 6.05. The SMILES string of the molecule is C[Si](C)(C)Oc1ccccc1OC1=[C]([Ti+2])CC=C1.[Cl-].[Cl-]. The first-order valence-electron chi connectivity index (χ1n) is 6.03. The Morgan fingerprint density at radius 3 is 2.15 bits per heavy atom. The van der Waals surface area contributed by atoms with Crippen LogP contribution in [0.25, 0.3) is 0 Å². The molecule has 0 aliphatic heterocycles. The fourth-order valence-corrected chi connectivity index (χ4v) is 2.87. The summed E-state index contributed by atoms with van der Waals surface area (Å²) in [5, 5.41) is 0. The van der Waals surface area contributed by atoms with E-state index in [1.807, 2.05) is 30.3 Å². The molecule has 0 bridgehead atoms. The Morgan fingerprint density at radius 2 is 1.65 bits per heavy atom. The molecule has 0 unspecified atom stereocenters. The minimum Gasteiger partial charge on any atom is -1.00 e. The zero-order valence-electron chi connectivity index (χ0n) is 11.7. The second kappa shape index (κ2) is 8.30. The topological polar surface area (TPSA) is 18.5 Å². The van der Waals surface area contributed by atoms with E-state index in [4.69, 9.17) is 9.16 Å². The quantitative estimate of drug-likeness (QED) is 0.576. The zero-order chi connectivity index (χ0) is 13.2. The molecule has 0 N–H and O–H groups in total. The van der Waals surface area contributed by atoms with Gasteiger partial charge >= 0.3 is 122 Å². The van der Waals surface area contributed by atoms with E-state index in [0.717, 1.165) is 23.7 Å². The van der Waals surface area contributed by atoms with Gasteiger partial charge in [0.2, 0.25) is 0 Å². The summed E-state index contributed by atoms with van der Waals surface area (Å²) in [6, 6.07) is 7.89. The molecule has 1 aromatic carbocycles. The van der Waals surface area contributed by atoms with Gasteiger partial charge in [-0.15, -0.1) is 0 Å². The van der Waals surface area contributed by atoms with Crippen molar-refractivity contribution in [3.8, 4) is 11.5 Å². The van der Waals surface area contributed by atoms with Crippen LogP contribution in [0.5, 0.6) is 11.5 Å². The number of hydrogen-bond donors (Lipinski definition) is 0. The van der Waals surface area contributed by atoms with Crippen molar-refractivity contribution in [1.82, 2.24) is 0 Å². The molecule has 0 saturated heterocycles. The number of para-hydroxylation sites is 2. The van der Waals surface area contributed by atoms with Crippen molar-refractivity contribution in [1.29, 1.82) is 0 Å². The first kappa shape index (κ1) is 19.8. The van der Waals surface area contributed by atoms with Crippen LogP contribution in [0.1, 0.15) is 6.42 Å². The summed E-state index contributed by atoms with van der Waals surface area (Å²) in [6.07, 6.45) is 5.12. The number of rotatable bonds is 4. The van der Waals surface area contributed by atoms with E-state index >= 15 is 0 Å². The van der Waals surface area contributed by atoms with Crippen molar-refractivity contribution in [2.45, 2.75) is 26.1 Å². The fourth-order valence-electron chi connectivity index (χ4n) is 1.65. The van der Waals surface area contributed by atoms with E-state index < -0.39 is 8.32 Å². The molecule has 1 aliphatic rings. The van der Waals surface area contributed by atoms with Gasteiger partial charge in [-0.2, -0.15) is 0 Å². The first-order valence-corrected chi connectivity index (χ1v) is 10.2. The first-order chi connectivity index (χ1) is 8.46. The van der Waals surface area contributed by atoms with Crippen molar-refractivity contribution in [2.75, 3.05) is 0 Å². The number of allylic oxidation sites excluding steroid dienone is 3. The maximum atomic E-state index is 6.05. The Hall–Kier alpha value is -0.189. The maximum Gasteiger partial charge on any atom is -1.00 e. The molecular formula is C14H17Cl2O2SiTi. The summed E-state index contributed by atoms with van der Waals surface area (Å²) >= 11 is 2.09. The Labute approximate surface area is 146 Å². The molecule has 0 fully saturated rings. The Bertz CT molecular complexity index is 510. The van der Waals surface area contributed by atoms with Crippen LogP contribution in [0, 0.1) is 0 Å². The summed E-state index contributed by atoms with van der Waals surface area (Å²) < 4.78 is 13.3. The van der Waals surface area contributed by atoms with Crippen LogP contribution in [0.2, 0.25) is 19.6 Å². The van der Waals surface area contributed by atoms with Crippen molar-refractivity contribution in [3.05, 3.63) is 46.1 Å². The minimum atomic E-state index is -1.62.